The summed E-state index contributed by atoms with van der Waals surface area (Å²) in [6.07, 6.45) is 2.55. The van der Waals surface area contributed by atoms with Gasteiger partial charge in [-0.1, -0.05) is 18.5 Å². The molecule has 0 amide bonds. The first kappa shape index (κ1) is 12.9. The Kier molecular flexibility index (Phi) is 4.20. The molecule has 0 spiro atoms. The van der Waals surface area contributed by atoms with Crippen LogP contribution in [-0.4, -0.2) is 33.5 Å². The molecule has 0 aliphatic heterocycles. The molecule has 0 radical (unpaired) electrons. The molecule has 0 bridgehead atoms. The fourth-order valence-corrected chi connectivity index (χ4v) is 1.28. The van der Waals surface area contributed by atoms with E-state index in [0.717, 1.165) is 0 Å². The molecule has 0 saturated heterocycles. The van der Waals surface area contributed by atoms with Gasteiger partial charge in [-0.15, -0.1) is 0 Å². The van der Waals surface area contributed by atoms with Crippen molar-refractivity contribution in [1.29, 1.82) is 0 Å². The largest absolute Gasteiger partial charge is 0.394 e. The number of rotatable bonds is 5. The molecule has 1 aromatic rings. The lowest BCUT2D eigenvalue weighted by Crippen LogP contribution is -2.38. The summed E-state index contributed by atoms with van der Waals surface area (Å²) < 4.78 is 0. The van der Waals surface area contributed by atoms with Gasteiger partial charge in [0.15, 0.2) is 6.29 Å². The summed E-state index contributed by atoms with van der Waals surface area (Å²) in [6.45, 7) is 3.69. The monoisotopic (exact) mass is 243 g/mol. The van der Waals surface area contributed by atoms with E-state index in [-0.39, 0.29) is 17.3 Å². The number of carbonyl (C=O) groups is 1. The van der Waals surface area contributed by atoms with Crippen LogP contribution in [0.1, 0.15) is 30.6 Å². The Hall–Kier alpha value is -1.20. The highest BCUT2D eigenvalue weighted by Crippen LogP contribution is 2.22. The number of aliphatic hydroxyl groups is 1. The zero-order valence-corrected chi connectivity index (χ0v) is 9.95. The van der Waals surface area contributed by atoms with Crippen molar-refractivity contribution in [2.45, 2.75) is 25.8 Å². The SMILES string of the molecule is CCC(C)(CO)Nc1ncnc(Cl)c1C=O. The quantitative estimate of drug-likeness (QED) is 0.606. The summed E-state index contributed by atoms with van der Waals surface area (Å²) in [5.74, 6) is 0.341. The molecule has 2 N–H and O–H groups in total. The van der Waals surface area contributed by atoms with Crippen molar-refractivity contribution in [3.05, 3.63) is 17.0 Å². The molecule has 6 heteroatoms. The van der Waals surface area contributed by atoms with Gasteiger partial charge in [-0.25, -0.2) is 9.97 Å². The Labute approximate surface area is 98.9 Å². The number of aliphatic hydroxyl groups excluding tert-OH is 1. The number of nitrogens with one attached hydrogen (secondary N) is 1. The van der Waals surface area contributed by atoms with Crippen molar-refractivity contribution in [1.82, 2.24) is 9.97 Å². The fraction of sp³-hybridized carbons (Fsp3) is 0.500. The van der Waals surface area contributed by atoms with E-state index >= 15 is 0 Å². The Bertz CT molecular complexity index is 380. The van der Waals surface area contributed by atoms with Crippen LogP contribution in [-0.2, 0) is 0 Å². The second kappa shape index (κ2) is 5.23. The minimum Gasteiger partial charge on any atom is -0.394 e. The molecule has 0 fully saturated rings. The Morgan fingerprint density at radius 2 is 2.31 bits per heavy atom. The van der Waals surface area contributed by atoms with Crippen molar-refractivity contribution in [3.8, 4) is 0 Å². The molecule has 1 unspecified atom stereocenters. The normalized spacial score (nSPS) is 14.2. The van der Waals surface area contributed by atoms with Gasteiger partial charge in [-0.2, -0.15) is 0 Å². The standard InChI is InChI=1S/C10H14ClN3O2/c1-3-10(2,5-16)14-9-7(4-15)8(11)12-6-13-9/h4,6,16H,3,5H2,1-2H3,(H,12,13,14). The maximum atomic E-state index is 10.8. The number of carbonyl (C=O) groups excluding carboxylic acids is 1. The lowest BCUT2D eigenvalue weighted by molar-refractivity contribution is 0.112. The molecule has 5 nitrogen and oxygen atoms in total. The van der Waals surface area contributed by atoms with E-state index in [1.54, 1.807) is 0 Å². The molecule has 88 valence electrons. The molecule has 1 rings (SSSR count). The van der Waals surface area contributed by atoms with Crippen molar-refractivity contribution < 1.29 is 9.90 Å². The number of halogens is 1. The number of aldehydes is 1. The molecular weight excluding hydrogens is 230 g/mol. The van der Waals surface area contributed by atoms with Gasteiger partial charge in [0.25, 0.3) is 0 Å². The van der Waals surface area contributed by atoms with Crippen LogP contribution >= 0.6 is 11.6 Å². The van der Waals surface area contributed by atoms with Gasteiger partial charge in [-0.3, -0.25) is 4.79 Å². The zero-order valence-electron chi connectivity index (χ0n) is 9.20. The fourth-order valence-electron chi connectivity index (χ4n) is 1.10. The molecule has 0 aromatic carbocycles. The second-order valence-electron chi connectivity index (χ2n) is 3.74. The van der Waals surface area contributed by atoms with E-state index < -0.39 is 5.54 Å². The molecule has 1 aromatic heterocycles. The van der Waals surface area contributed by atoms with Crippen LogP contribution < -0.4 is 5.32 Å². The van der Waals surface area contributed by atoms with E-state index in [9.17, 15) is 9.90 Å². The predicted molar refractivity (Wildman–Crippen MR) is 61.8 cm³/mol. The Balaban J connectivity index is 3.05. The molecule has 1 heterocycles. The smallest absolute Gasteiger partial charge is 0.156 e. The first-order chi connectivity index (χ1) is 7.56. The molecule has 0 aliphatic rings. The maximum Gasteiger partial charge on any atom is 0.156 e. The molecule has 1 atom stereocenters. The maximum absolute atomic E-state index is 10.8. The van der Waals surface area contributed by atoms with Gasteiger partial charge in [0.2, 0.25) is 0 Å². The molecule has 0 aliphatic carbocycles. The van der Waals surface area contributed by atoms with Crippen molar-refractivity contribution in [3.63, 3.8) is 0 Å². The number of nitrogens with zero attached hydrogens (tertiary/aromatic N) is 2. The topological polar surface area (TPSA) is 75.1 Å². The summed E-state index contributed by atoms with van der Waals surface area (Å²) in [5.41, 5.74) is -0.326. The van der Waals surface area contributed by atoms with Gasteiger partial charge in [-0.05, 0) is 13.3 Å². The van der Waals surface area contributed by atoms with Gasteiger partial charge in [0, 0.05) is 0 Å². The average Bonchev–Trinajstić information content (AvgIpc) is 2.29. The summed E-state index contributed by atoms with van der Waals surface area (Å²) in [7, 11) is 0. The van der Waals surface area contributed by atoms with Gasteiger partial charge in [0.05, 0.1) is 17.7 Å². The first-order valence-electron chi connectivity index (χ1n) is 4.91. The first-order valence-corrected chi connectivity index (χ1v) is 5.29. The van der Waals surface area contributed by atoms with Gasteiger partial charge >= 0.3 is 0 Å². The number of hydrogen-bond donors (Lipinski definition) is 2. The summed E-state index contributed by atoms with van der Waals surface area (Å²) in [5, 5.41) is 12.4. The Morgan fingerprint density at radius 1 is 1.62 bits per heavy atom. The third-order valence-electron chi connectivity index (χ3n) is 2.50. The third-order valence-corrected chi connectivity index (χ3v) is 2.80. The number of hydrogen-bond acceptors (Lipinski definition) is 5. The van der Waals surface area contributed by atoms with Crippen LogP contribution in [0, 0.1) is 0 Å². The lowest BCUT2D eigenvalue weighted by atomic mass is 10.0. The summed E-state index contributed by atoms with van der Waals surface area (Å²) in [4.78, 5) is 18.5. The van der Waals surface area contributed by atoms with E-state index in [0.29, 0.717) is 18.5 Å². The van der Waals surface area contributed by atoms with Crippen LogP contribution in [0.4, 0.5) is 5.82 Å². The highest BCUT2D eigenvalue weighted by Gasteiger charge is 2.23. The van der Waals surface area contributed by atoms with E-state index in [1.165, 1.54) is 6.33 Å². The second-order valence-corrected chi connectivity index (χ2v) is 4.10. The van der Waals surface area contributed by atoms with Gasteiger partial charge in [0.1, 0.15) is 17.3 Å². The van der Waals surface area contributed by atoms with Crippen LogP contribution in [0.2, 0.25) is 5.15 Å². The van der Waals surface area contributed by atoms with E-state index in [1.807, 2.05) is 13.8 Å². The van der Waals surface area contributed by atoms with Crippen LogP contribution in [0.3, 0.4) is 0 Å². The van der Waals surface area contributed by atoms with Crippen LogP contribution in [0.25, 0.3) is 0 Å². The lowest BCUT2D eigenvalue weighted by Gasteiger charge is -2.28. The molecular formula is C10H14ClN3O2. The van der Waals surface area contributed by atoms with Crippen molar-refractivity contribution >= 4 is 23.7 Å². The van der Waals surface area contributed by atoms with Gasteiger partial charge < -0.3 is 10.4 Å². The highest BCUT2D eigenvalue weighted by molar-refractivity contribution is 6.32. The van der Waals surface area contributed by atoms with Crippen LogP contribution in [0.5, 0.6) is 0 Å². The van der Waals surface area contributed by atoms with E-state index in [4.69, 9.17) is 11.6 Å². The summed E-state index contributed by atoms with van der Waals surface area (Å²) in [6, 6.07) is 0. The minimum atomic E-state index is -0.532. The Morgan fingerprint density at radius 3 is 2.81 bits per heavy atom. The van der Waals surface area contributed by atoms with Crippen molar-refractivity contribution in [2.75, 3.05) is 11.9 Å². The molecule has 0 saturated carbocycles. The average molecular weight is 244 g/mol. The predicted octanol–water partition coefficient (Wildman–Crippen LogP) is 1.52. The number of aromatic nitrogens is 2. The summed E-state index contributed by atoms with van der Waals surface area (Å²) >= 11 is 5.76. The molecule has 16 heavy (non-hydrogen) atoms. The van der Waals surface area contributed by atoms with E-state index in [2.05, 4.69) is 15.3 Å². The number of anilines is 1. The highest BCUT2D eigenvalue weighted by atomic mass is 35.5. The third kappa shape index (κ3) is 2.68. The van der Waals surface area contributed by atoms with Crippen molar-refractivity contribution in [2.24, 2.45) is 0 Å². The zero-order chi connectivity index (χ0) is 12.2. The van der Waals surface area contributed by atoms with Crippen LogP contribution in [0.15, 0.2) is 6.33 Å². The minimum absolute atomic E-state index is 0.0661.